The quantitative estimate of drug-likeness (QED) is 0.775. The smallest absolute Gasteiger partial charge is 0.225 e. The van der Waals surface area contributed by atoms with Crippen LogP contribution in [0.4, 0.5) is 5.82 Å². The summed E-state index contributed by atoms with van der Waals surface area (Å²) in [7, 11) is 0. The van der Waals surface area contributed by atoms with Crippen LogP contribution in [0.1, 0.15) is 59.1 Å². The van der Waals surface area contributed by atoms with E-state index in [9.17, 15) is 10.1 Å². The van der Waals surface area contributed by atoms with Crippen LogP contribution in [0.3, 0.4) is 0 Å². The normalized spacial score (nSPS) is 29.6. The molecule has 9 nitrogen and oxygen atoms in total. The van der Waals surface area contributed by atoms with Gasteiger partial charge in [-0.25, -0.2) is 9.50 Å². The van der Waals surface area contributed by atoms with Crippen LogP contribution in [-0.4, -0.2) is 44.6 Å². The Balaban J connectivity index is 1.75. The Hall–Kier alpha value is -2.54. The molecule has 160 valence electrons. The van der Waals surface area contributed by atoms with Gasteiger partial charge in [-0.05, 0) is 38.8 Å². The minimum Gasteiger partial charge on any atom is -0.346 e. The standard InChI is InChI=1S/C21H27N5O4/c1-5-7-8-16(27)25-19-13-9-10-15(26(13)24-12-23-19)21(11-22)18-17(14(6-2)28-21)29-20(3,4)30-18/h9-10,12,14,17-18H,5-8H2,1-4H3,(H,23,24,25,27)/t14-,17-,18-,21+/m1/s1. The Labute approximate surface area is 175 Å². The van der Waals surface area contributed by atoms with E-state index in [2.05, 4.69) is 21.5 Å². The highest BCUT2D eigenvalue weighted by molar-refractivity contribution is 5.93. The number of anilines is 1. The van der Waals surface area contributed by atoms with Crippen molar-refractivity contribution in [2.45, 2.75) is 83.1 Å². The van der Waals surface area contributed by atoms with E-state index >= 15 is 0 Å². The van der Waals surface area contributed by atoms with Gasteiger partial charge in [-0.2, -0.15) is 10.4 Å². The fraction of sp³-hybridized carbons (Fsp3) is 0.619. The Kier molecular flexibility index (Phi) is 5.26. The van der Waals surface area contributed by atoms with E-state index in [0.717, 1.165) is 12.8 Å². The second-order valence-corrected chi connectivity index (χ2v) is 8.21. The lowest BCUT2D eigenvalue weighted by Crippen LogP contribution is -2.40. The molecular formula is C21H27N5O4. The summed E-state index contributed by atoms with van der Waals surface area (Å²) in [5.74, 6) is -0.515. The van der Waals surface area contributed by atoms with E-state index in [1.54, 1.807) is 16.6 Å². The lowest BCUT2D eigenvalue weighted by molar-refractivity contribution is -0.201. The monoisotopic (exact) mass is 413 g/mol. The molecule has 2 saturated heterocycles. The topological polar surface area (TPSA) is 111 Å². The van der Waals surface area contributed by atoms with Crippen LogP contribution in [0.5, 0.6) is 0 Å². The van der Waals surface area contributed by atoms with Gasteiger partial charge < -0.3 is 19.5 Å². The first-order valence-corrected chi connectivity index (χ1v) is 10.4. The fourth-order valence-electron chi connectivity index (χ4n) is 4.26. The van der Waals surface area contributed by atoms with Crippen LogP contribution in [0.25, 0.3) is 5.52 Å². The summed E-state index contributed by atoms with van der Waals surface area (Å²) in [6, 6.07) is 5.89. The van der Waals surface area contributed by atoms with Gasteiger partial charge in [0.15, 0.2) is 11.6 Å². The number of nitriles is 1. The summed E-state index contributed by atoms with van der Waals surface area (Å²) in [5, 5.41) is 17.4. The van der Waals surface area contributed by atoms with Gasteiger partial charge in [0.05, 0.1) is 11.8 Å². The van der Waals surface area contributed by atoms with Crippen LogP contribution in [0.2, 0.25) is 0 Å². The number of nitrogens with one attached hydrogen (secondary N) is 1. The van der Waals surface area contributed by atoms with Crippen LogP contribution in [0.15, 0.2) is 18.5 Å². The highest BCUT2D eigenvalue weighted by atomic mass is 16.8. The third-order valence-corrected chi connectivity index (χ3v) is 5.65. The van der Waals surface area contributed by atoms with Crippen molar-refractivity contribution in [1.82, 2.24) is 14.6 Å². The van der Waals surface area contributed by atoms with E-state index < -0.39 is 17.5 Å². The Morgan fingerprint density at radius 2 is 2.10 bits per heavy atom. The summed E-state index contributed by atoms with van der Waals surface area (Å²) in [5.41, 5.74) is -0.271. The molecule has 1 amide bonds. The minimum absolute atomic E-state index is 0.104. The number of rotatable bonds is 6. The van der Waals surface area contributed by atoms with Crippen molar-refractivity contribution in [2.75, 3.05) is 5.32 Å². The summed E-state index contributed by atoms with van der Waals surface area (Å²) in [4.78, 5) is 16.4. The van der Waals surface area contributed by atoms with Gasteiger partial charge in [0.2, 0.25) is 11.5 Å². The highest BCUT2D eigenvalue weighted by Gasteiger charge is 2.64. The summed E-state index contributed by atoms with van der Waals surface area (Å²) >= 11 is 0. The number of amides is 1. The van der Waals surface area contributed by atoms with Crippen molar-refractivity contribution in [3.63, 3.8) is 0 Å². The van der Waals surface area contributed by atoms with Gasteiger partial charge in [0, 0.05) is 6.42 Å². The summed E-state index contributed by atoms with van der Waals surface area (Å²) in [6.07, 6.45) is 2.97. The van der Waals surface area contributed by atoms with Gasteiger partial charge in [-0.1, -0.05) is 20.3 Å². The molecule has 1 N–H and O–H groups in total. The van der Waals surface area contributed by atoms with Crippen LogP contribution < -0.4 is 5.32 Å². The average molecular weight is 413 g/mol. The largest absolute Gasteiger partial charge is 0.346 e. The van der Waals surface area contributed by atoms with E-state index in [-0.39, 0.29) is 18.1 Å². The van der Waals surface area contributed by atoms with Crippen molar-refractivity contribution in [3.8, 4) is 6.07 Å². The number of hydrogen-bond acceptors (Lipinski definition) is 7. The number of hydrogen-bond donors (Lipinski definition) is 1. The molecule has 9 heteroatoms. The molecule has 4 atom stereocenters. The van der Waals surface area contributed by atoms with Crippen molar-refractivity contribution in [3.05, 3.63) is 24.2 Å². The number of nitrogens with zero attached hydrogens (tertiary/aromatic N) is 4. The van der Waals surface area contributed by atoms with Gasteiger partial charge in [0.25, 0.3) is 0 Å². The van der Waals surface area contributed by atoms with Gasteiger partial charge in [-0.15, -0.1) is 0 Å². The molecule has 4 heterocycles. The van der Waals surface area contributed by atoms with Crippen LogP contribution in [-0.2, 0) is 24.6 Å². The SMILES string of the molecule is CCCCC(=O)Nc1ncnn2c([C@]3(C#N)O[C@H](CC)[C@H]4OC(C)(C)O[C@H]43)ccc12. The molecule has 4 rings (SSSR count). The number of ether oxygens (including phenoxy) is 3. The second kappa shape index (κ2) is 7.61. The van der Waals surface area contributed by atoms with Gasteiger partial charge >= 0.3 is 0 Å². The Morgan fingerprint density at radius 1 is 1.30 bits per heavy atom. The number of unbranched alkanes of at least 4 members (excludes halogenated alkanes) is 1. The molecule has 0 unspecified atom stereocenters. The third kappa shape index (κ3) is 3.25. The highest BCUT2D eigenvalue weighted by Crippen LogP contribution is 2.49. The first-order chi connectivity index (χ1) is 14.3. The number of fused-ring (bicyclic) bond motifs is 2. The van der Waals surface area contributed by atoms with Crippen molar-refractivity contribution in [1.29, 1.82) is 5.26 Å². The maximum Gasteiger partial charge on any atom is 0.225 e. The molecule has 2 aliphatic rings. The van der Waals surface area contributed by atoms with E-state index in [1.807, 2.05) is 27.7 Å². The van der Waals surface area contributed by atoms with Crippen molar-refractivity contribution in [2.24, 2.45) is 0 Å². The second-order valence-electron chi connectivity index (χ2n) is 8.21. The minimum atomic E-state index is -1.39. The predicted octanol–water partition coefficient (Wildman–Crippen LogP) is 2.91. The van der Waals surface area contributed by atoms with Crippen molar-refractivity contribution < 1.29 is 19.0 Å². The zero-order valence-electron chi connectivity index (χ0n) is 17.7. The van der Waals surface area contributed by atoms with Crippen LogP contribution >= 0.6 is 0 Å². The molecule has 0 aromatic carbocycles. The third-order valence-electron chi connectivity index (χ3n) is 5.65. The Bertz CT molecular complexity index is 997. The van der Waals surface area contributed by atoms with E-state index in [4.69, 9.17) is 14.2 Å². The number of carbonyl (C=O) groups is 1. The van der Waals surface area contributed by atoms with Crippen molar-refractivity contribution >= 4 is 17.2 Å². The molecule has 2 aromatic rings. The first kappa shape index (κ1) is 20.7. The molecule has 0 spiro atoms. The van der Waals surface area contributed by atoms with Crippen LogP contribution in [0, 0.1) is 11.3 Å². The van der Waals surface area contributed by atoms with E-state index in [0.29, 0.717) is 29.9 Å². The number of carbonyl (C=O) groups excluding carboxylic acids is 1. The molecule has 2 fully saturated rings. The molecule has 0 saturated carbocycles. The zero-order valence-corrected chi connectivity index (χ0v) is 17.7. The molecule has 2 aromatic heterocycles. The average Bonchev–Trinajstić information content (AvgIpc) is 3.37. The van der Waals surface area contributed by atoms with Gasteiger partial charge in [0.1, 0.15) is 30.1 Å². The molecular weight excluding hydrogens is 386 g/mol. The predicted molar refractivity (Wildman–Crippen MR) is 107 cm³/mol. The lowest BCUT2D eigenvalue weighted by atomic mass is 9.92. The fourth-order valence-corrected chi connectivity index (χ4v) is 4.26. The molecule has 30 heavy (non-hydrogen) atoms. The van der Waals surface area contributed by atoms with Gasteiger partial charge in [-0.3, -0.25) is 4.79 Å². The summed E-state index contributed by atoms with van der Waals surface area (Å²) < 4.78 is 20.0. The Morgan fingerprint density at radius 3 is 2.80 bits per heavy atom. The maximum absolute atomic E-state index is 12.2. The van der Waals surface area contributed by atoms with E-state index in [1.165, 1.54) is 6.33 Å². The molecule has 0 bridgehead atoms. The molecule has 2 aliphatic heterocycles. The lowest BCUT2D eigenvalue weighted by Gasteiger charge is -2.28. The maximum atomic E-state index is 12.2. The first-order valence-electron chi connectivity index (χ1n) is 10.4. The number of aromatic nitrogens is 3. The molecule has 0 radical (unpaired) electrons. The molecule has 0 aliphatic carbocycles. The summed E-state index contributed by atoms with van der Waals surface area (Å²) in [6.45, 7) is 7.70. The zero-order chi connectivity index (χ0) is 21.5.